The predicted molar refractivity (Wildman–Crippen MR) is 99.4 cm³/mol. The molecule has 0 unspecified atom stereocenters. The Balaban J connectivity index is 1.76. The number of hydrogen-bond donors (Lipinski definition) is 4. The van der Waals surface area contributed by atoms with Crippen LogP contribution in [0.25, 0.3) is 0 Å². The van der Waals surface area contributed by atoms with Crippen LogP contribution in [0.3, 0.4) is 0 Å². The molecule has 2 aromatic carbocycles. The Hall–Kier alpha value is -2.47. The first-order chi connectivity index (χ1) is 13.5. The van der Waals surface area contributed by atoms with E-state index < -0.39 is 37.3 Å². The second-order valence-electron chi connectivity index (χ2n) is 6.75. The van der Waals surface area contributed by atoms with Crippen LogP contribution in [0.2, 0.25) is 0 Å². The van der Waals surface area contributed by atoms with Crippen LogP contribution < -0.4 is 4.74 Å². The topological polar surface area (TPSA) is 123 Å². The molecule has 148 valence electrons. The van der Waals surface area contributed by atoms with Crippen molar-refractivity contribution in [3.05, 3.63) is 65.2 Å². The molecule has 2 aromatic rings. The van der Waals surface area contributed by atoms with E-state index in [1.54, 1.807) is 12.1 Å². The van der Waals surface area contributed by atoms with Crippen molar-refractivity contribution in [2.45, 2.75) is 43.5 Å². The minimum Gasteiger partial charge on any atom is -0.462 e. The van der Waals surface area contributed by atoms with Crippen molar-refractivity contribution in [1.82, 2.24) is 0 Å². The first-order valence-corrected chi connectivity index (χ1v) is 9.03. The van der Waals surface area contributed by atoms with E-state index in [9.17, 15) is 20.4 Å². The van der Waals surface area contributed by atoms with Crippen LogP contribution in [0.15, 0.2) is 48.5 Å². The van der Waals surface area contributed by atoms with Gasteiger partial charge in [0, 0.05) is 6.42 Å². The van der Waals surface area contributed by atoms with Gasteiger partial charge in [-0.1, -0.05) is 42.5 Å². The minimum atomic E-state index is -1.49. The fourth-order valence-electron chi connectivity index (χ4n) is 3.14. The zero-order chi connectivity index (χ0) is 20.1. The van der Waals surface area contributed by atoms with Gasteiger partial charge in [0.25, 0.3) is 0 Å². The van der Waals surface area contributed by atoms with E-state index in [1.807, 2.05) is 36.4 Å². The third kappa shape index (κ3) is 4.50. The van der Waals surface area contributed by atoms with E-state index in [0.717, 1.165) is 16.7 Å². The zero-order valence-electron chi connectivity index (χ0n) is 15.2. The van der Waals surface area contributed by atoms with Crippen LogP contribution in [0.1, 0.15) is 16.7 Å². The average Bonchev–Trinajstić information content (AvgIpc) is 2.71. The molecule has 0 spiro atoms. The molecule has 1 heterocycles. The minimum absolute atomic E-state index is 0.358. The van der Waals surface area contributed by atoms with Crippen molar-refractivity contribution in [2.75, 3.05) is 6.61 Å². The number of aliphatic hydroxyl groups is 4. The summed E-state index contributed by atoms with van der Waals surface area (Å²) in [5, 5.41) is 48.1. The summed E-state index contributed by atoms with van der Waals surface area (Å²) >= 11 is 0. The number of benzene rings is 2. The van der Waals surface area contributed by atoms with Gasteiger partial charge in [0.15, 0.2) is 0 Å². The van der Waals surface area contributed by atoms with Crippen LogP contribution in [0.4, 0.5) is 0 Å². The van der Waals surface area contributed by atoms with Crippen LogP contribution in [0, 0.1) is 11.3 Å². The number of ether oxygens (including phenoxy) is 2. The Bertz CT molecular complexity index is 816. The predicted octanol–water partition coefficient (Wildman–Crippen LogP) is 0.522. The number of aliphatic hydroxyl groups excluding tert-OH is 4. The van der Waals surface area contributed by atoms with Crippen molar-refractivity contribution < 1.29 is 29.9 Å². The van der Waals surface area contributed by atoms with Crippen molar-refractivity contribution in [2.24, 2.45) is 0 Å². The maximum absolute atomic E-state index is 10.2. The molecule has 7 heteroatoms. The number of rotatable bonds is 6. The normalized spacial score (nSPS) is 27.2. The van der Waals surface area contributed by atoms with Gasteiger partial charge in [-0.3, -0.25) is 0 Å². The first kappa shape index (κ1) is 20.3. The van der Waals surface area contributed by atoms with Crippen LogP contribution >= 0.6 is 0 Å². The van der Waals surface area contributed by atoms with E-state index in [1.165, 1.54) is 0 Å². The second-order valence-corrected chi connectivity index (χ2v) is 6.75. The number of hydrogen-bond acceptors (Lipinski definition) is 7. The van der Waals surface area contributed by atoms with Crippen molar-refractivity contribution in [1.29, 1.82) is 5.26 Å². The van der Waals surface area contributed by atoms with Gasteiger partial charge in [0.1, 0.15) is 30.2 Å². The van der Waals surface area contributed by atoms with Gasteiger partial charge in [-0.15, -0.1) is 0 Å². The summed E-state index contributed by atoms with van der Waals surface area (Å²) in [5.41, 5.74) is 2.80. The monoisotopic (exact) mass is 385 g/mol. The fraction of sp³-hybridized carbons (Fsp3) is 0.381. The molecule has 0 aliphatic carbocycles. The molecule has 0 radical (unpaired) electrons. The lowest BCUT2D eigenvalue weighted by Crippen LogP contribution is -2.60. The van der Waals surface area contributed by atoms with Gasteiger partial charge in [0.2, 0.25) is 6.29 Å². The maximum Gasteiger partial charge on any atom is 0.229 e. The van der Waals surface area contributed by atoms with Crippen LogP contribution in [0.5, 0.6) is 5.75 Å². The third-order valence-electron chi connectivity index (χ3n) is 4.76. The zero-order valence-corrected chi connectivity index (χ0v) is 15.2. The molecular formula is C21H23NO6. The molecule has 5 atom stereocenters. The van der Waals surface area contributed by atoms with E-state index in [2.05, 4.69) is 6.07 Å². The van der Waals surface area contributed by atoms with Gasteiger partial charge in [-0.25, -0.2) is 0 Å². The first-order valence-electron chi connectivity index (χ1n) is 9.03. The lowest BCUT2D eigenvalue weighted by Gasteiger charge is -2.39. The highest BCUT2D eigenvalue weighted by atomic mass is 16.7. The molecule has 0 saturated carbocycles. The van der Waals surface area contributed by atoms with Gasteiger partial charge >= 0.3 is 0 Å². The lowest BCUT2D eigenvalue weighted by molar-refractivity contribution is -0.277. The Kier molecular flexibility index (Phi) is 6.62. The average molecular weight is 385 g/mol. The van der Waals surface area contributed by atoms with E-state index >= 15 is 0 Å². The van der Waals surface area contributed by atoms with E-state index in [4.69, 9.17) is 14.7 Å². The Morgan fingerprint density at radius 1 is 0.929 bits per heavy atom. The summed E-state index contributed by atoms with van der Waals surface area (Å²) < 4.78 is 11.2. The van der Waals surface area contributed by atoms with E-state index in [-0.39, 0.29) is 0 Å². The van der Waals surface area contributed by atoms with E-state index in [0.29, 0.717) is 18.6 Å². The number of para-hydroxylation sites is 1. The van der Waals surface area contributed by atoms with Crippen molar-refractivity contribution in [3.8, 4) is 11.8 Å². The second kappa shape index (κ2) is 9.15. The summed E-state index contributed by atoms with van der Waals surface area (Å²) in [5.74, 6) is 0.466. The fourth-order valence-corrected chi connectivity index (χ4v) is 3.14. The smallest absolute Gasteiger partial charge is 0.229 e. The molecule has 0 amide bonds. The van der Waals surface area contributed by atoms with Gasteiger partial charge in [-0.2, -0.15) is 5.26 Å². The number of nitrogens with zero attached hydrogens (tertiary/aromatic N) is 1. The van der Waals surface area contributed by atoms with Crippen molar-refractivity contribution in [3.63, 3.8) is 0 Å². The number of nitriles is 1. The SMILES string of the molecule is N#CCc1ccc(Cc2ccccc2O[C@H]2O[C@H](CO)[C@@H](O)[C@H](O)[C@H]2O)cc1. The molecule has 1 saturated heterocycles. The van der Waals surface area contributed by atoms with Crippen molar-refractivity contribution >= 4 is 0 Å². The summed E-state index contributed by atoms with van der Waals surface area (Å²) in [6.45, 7) is -0.512. The van der Waals surface area contributed by atoms with Gasteiger partial charge < -0.3 is 29.9 Å². The molecule has 0 bridgehead atoms. The molecule has 28 heavy (non-hydrogen) atoms. The highest BCUT2D eigenvalue weighted by molar-refractivity contribution is 5.38. The Labute approximate surface area is 163 Å². The molecule has 3 rings (SSSR count). The Morgan fingerprint density at radius 3 is 2.29 bits per heavy atom. The molecule has 1 aliphatic heterocycles. The molecular weight excluding hydrogens is 362 g/mol. The molecule has 7 nitrogen and oxygen atoms in total. The third-order valence-corrected chi connectivity index (χ3v) is 4.76. The van der Waals surface area contributed by atoms with Crippen LogP contribution in [-0.2, 0) is 17.6 Å². The molecule has 0 aromatic heterocycles. The lowest BCUT2D eigenvalue weighted by atomic mass is 9.99. The summed E-state index contributed by atoms with van der Waals surface area (Å²) in [7, 11) is 0. The molecule has 1 fully saturated rings. The summed E-state index contributed by atoms with van der Waals surface area (Å²) in [4.78, 5) is 0. The highest BCUT2D eigenvalue weighted by Crippen LogP contribution is 2.28. The molecule has 4 N–H and O–H groups in total. The highest BCUT2D eigenvalue weighted by Gasteiger charge is 2.44. The largest absolute Gasteiger partial charge is 0.462 e. The van der Waals surface area contributed by atoms with Gasteiger partial charge in [0.05, 0.1) is 19.1 Å². The van der Waals surface area contributed by atoms with Crippen LogP contribution in [-0.4, -0.2) is 57.7 Å². The van der Waals surface area contributed by atoms with Gasteiger partial charge in [-0.05, 0) is 22.8 Å². The summed E-state index contributed by atoms with van der Waals surface area (Å²) in [6.07, 6.45) is -5.72. The maximum atomic E-state index is 10.2. The summed E-state index contributed by atoms with van der Waals surface area (Å²) in [6, 6.07) is 17.0. The molecule has 1 aliphatic rings. The quantitative estimate of drug-likeness (QED) is 0.572. The Morgan fingerprint density at radius 2 is 1.61 bits per heavy atom. The standard InChI is InChI=1S/C21H23NO6/c22-10-9-13-5-7-14(8-6-13)11-15-3-1-2-4-16(15)27-21-20(26)19(25)18(24)17(12-23)28-21/h1-8,17-21,23-26H,9,11-12H2/t17-,18-,19+,20-,21+/m1/s1.